The first kappa shape index (κ1) is 31.0. The van der Waals surface area contributed by atoms with Gasteiger partial charge in [-0.25, -0.2) is 9.79 Å². The maximum atomic E-state index is 14.3. The average Bonchev–Trinajstić information content (AvgIpc) is 3.53. The highest BCUT2D eigenvalue weighted by Gasteiger charge is 2.35. The number of benzene rings is 3. The Morgan fingerprint density at radius 3 is 2.39 bits per heavy atom. The lowest BCUT2D eigenvalue weighted by atomic mass is 9.93. The lowest BCUT2D eigenvalue weighted by Crippen LogP contribution is -2.40. The molecular formula is C35H30N4O5S2. The van der Waals surface area contributed by atoms with Crippen LogP contribution < -0.4 is 14.9 Å². The van der Waals surface area contributed by atoms with E-state index in [1.54, 1.807) is 35.4 Å². The van der Waals surface area contributed by atoms with E-state index < -0.39 is 16.9 Å². The van der Waals surface area contributed by atoms with Crippen molar-refractivity contribution in [3.05, 3.63) is 148 Å². The highest BCUT2D eigenvalue weighted by atomic mass is 32.2. The standard InChI is InChI=1S/C35H30N4O5S2/c1-5-44-34(41)30-31(23-9-7-6-8-10-23)36-35-38(32(30)24-11-17-28(45-4)18-12-24)33(40)29(46-35)20-25-19-21(2)37(22(25)3)26-13-15-27(16-14-26)39(42)43/h6-20,32H,5H2,1-4H3/b29-20-/t32-/m1/s1. The summed E-state index contributed by atoms with van der Waals surface area (Å²) in [5.74, 6) is -0.523. The van der Waals surface area contributed by atoms with Gasteiger partial charge in [-0.2, -0.15) is 0 Å². The average molecular weight is 651 g/mol. The summed E-state index contributed by atoms with van der Waals surface area (Å²) in [5, 5.41) is 11.2. The number of nitro groups is 1. The van der Waals surface area contributed by atoms with E-state index in [-0.39, 0.29) is 17.9 Å². The van der Waals surface area contributed by atoms with Crippen molar-refractivity contribution in [2.24, 2.45) is 4.99 Å². The molecule has 9 nitrogen and oxygen atoms in total. The number of thiazole rings is 1. The summed E-state index contributed by atoms with van der Waals surface area (Å²) in [6.45, 7) is 5.83. The molecule has 0 amide bonds. The molecule has 0 fully saturated rings. The fourth-order valence-electron chi connectivity index (χ4n) is 5.74. The third kappa shape index (κ3) is 5.63. The van der Waals surface area contributed by atoms with Gasteiger partial charge in [0.15, 0.2) is 4.80 Å². The largest absolute Gasteiger partial charge is 0.463 e. The summed E-state index contributed by atoms with van der Waals surface area (Å²) in [6, 6.07) is 24.9. The molecule has 2 aromatic heterocycles. The van der Waals surface area contributed by atoms with E-state index in [4.69, 9.17) is 9.73 Å². The van der Waals surface area contributed by atoms with Crippen LogP contribution >= 0.6 is 23.1 Å². The molecule has 5 aromatic rings. The number of fused-ring (bicyclic) bond motifs is 1. The van der Waals surface area contributed by atoms with Gasteiger partial charge in [0.05, 0.1) is 33.4 Å². The number of hydrogen-bond donors (Lipinski definition) is 0. The molecule has 0 radical (unpaired) electrons. The molecule has 3 aromatic carbocycles. The topological polar surface area (TPSA) is 109 Å². The minimum Gasteiger partial charge on any atom is -0.463 e. The number of ether oxygens (including phenoxy) is 1. The maximum absolute atomic E-state index is 14.3. The number of aryl methyl sites for hydroxylation is 1. The fraction of sp³-hybridized carbons (Fsp3) is 0.171. The number of thioether (sulfide) groups is 1. The molecule has 3 heterocycles. The summed E-state index contributed by atoms with van der Waals surface area (Å²) in [5.41, 5.74) is 5.44. The molecule has 1 aliphatic rings. The van der Waals surface area contributed by atoms with Crippen LogP contribution in [0.5, 0.6) is 0 Å². The van der Waals surface area contributed by atoms with Gasteiger partial charge >= 0.3 is 5.97 Å². The molecule has 0 aliphatic carbocycles. The molecule has 232 valence electrons. The van der Waals surface area contributed by atoms with E-state index in [1.165, 1.54) is 23.5 Å². The van der Waals surface area contributed by atoms with Crippen LogP contribution in [0.2, 0.25) is 0 Å². The predicted molar refractivity (Wildman–Crippen MR) is 181 cm³/mol. The minimum atomic E-state index is -0.754. The van der Waals surface area contributed by atoms with E-state index in [1.807, 2.05) is 91.4 Å². The summed E-state index contributed by atoms with van der Waals surface area (Å²) in [7, 11) is 0. The fourth-order valence-corrected chi connectivity index (χ4v) is 7.14. The Morgan fingerprint density at radius 2 is 1.76 bits per heavy atom. The third-order valence-electron chi connectivity index (χ3n) is 7.88. The zero-order chi connectivity index (χ0) is 32.5. The number of carbonyl (C=O) groups is 1. The van der Waals surface area contributed by atoms with Gasteiger partial charge in [-0.3, -0.25) is 19.5 Å². The number of carbonyl (C=O) groups excluding carboxylic acids is 1. The molecule has 0 saturated carbocycles. The van der Waals surface area contributed by atoms with Crippen molar-refractivity contribution in [2.45, 2.75) is 31.7 Å². The first-order valence-corrected chi connectivity index (χ1v) is 16.6. The van der Waals surface area contributed by atoms with Gasteiger partial charge in [-0.05, 0) is 74.6 Å². The summed E-state index contributed by atoms with van der Waals surface area (Å²) < 4.78 is 9.62. The Kier molecular flexibility index (Phi) is 8.61. The number of hydrogen-bond acceptors (Lipinski definition) is 8. The molecule has 6 rings (SSSR count). The first-order chi connectivity index (χ1) is 22.2. The molecule has 46 heavy (non-hydrogen) atoms. The smallest absolute Gasteiger partial charge is 0.338 e. The van der Waals surface area contributed by atoms with Gasteiger partial charge < -0.3 is 9.30 Å². The first-order valence-electron chi connectivity index (χ1n) is 14.6. The Labute approximate surface area is 273 Å². The molecule has 0 spiro atoms. The Balaban J connectivity index is 1.56. The number of aromatic nitrogens is 2. The van der Waals surface area contributed by atoms with Crippen molar-refractivity contribution in [2.75, 3.05) is 12.9 Å². The summed E-state index contributed by atoms with van der Waals surface area (Å²) >= 11 is 2.88. The zero-order valence-electron chi connectivity index (χ0n) is 25.6. The maximum Gasteiger partial charge on any atom is 0.338 e. The lowest BCUT2D eigenvalue weighted by molar-refractivity contribution is -0.384. The minimum absolute atomic E-state index is 0.0160. The third-order valence-corrected chi connectivity index (χ3v) is 9.61. The second kappa shape index (κ2) is 12.8. The van der Waals surface area contributed by atoms with Crippen LogP contribution in [0.25, 0.3) is 17.5 Å². The van der Waals surface area contributed by atoms with E-state index >= 15 is 0 Å². The van der Waals surface area contributed by atoms with Gasteiger partial charge in [0.1, 0.15) is 0 Å². The van der Waals surface area contributed by atoms with Gasteiger partial charge in [0.25, 0.3) is 11.2 Å². The normalized spacial score (nSPS) is 14.6. The zero-order valence-corrected chi connectivity index (χ0v) is 27.2. The van der Waals surface area contributed by atoms with Crippen LogP contribution in [0.4, 0.5) is 5.69 Å². The highest BCUT2D eigenvalue weighted by molar-refractivity contribution is 7.98. The number of nitrogens with zero attached hydrogens (tertiary/aromatic N) is 4. The molecule has 11 heteroatoms. The van der Waals surface area contributed by atoms with Crippen LogP contribution in [-0.2, 0) is 9.53 Å². The molecular weight excluding hydrogens is 621 g/mol. The SMILES string of the molecule is CCOC(=O)C1=C(c2ccccc2)N=c2s/c(=C\c3cc(C)n(-c4ccc([N+](=O)[O-])cc4)c3C)c(=O)n2[C@@H]1c1ccc(SC)cc1. The predicted octanol–water partition coefficient (Wildman–Crippen LogP) is 5.97. The van der Waals surface area contributed by atoms with Crippen LogP contribution in [-0.4, -0.2) is 32.9 Å². The van der Waals surface area contributed by atoms with Crippen LogP contribution in [0, 0.1) is 24.0 Å². The number of nitro benzene ring substituents is 1. The number of rotatable bonds is 8. The molecule has 1 atom stereocenters. The van der Waals surface area contributed by atoms with Crippen molar-refractivity contribution in [1.82, 2.24) is 9.13 Å². The van der Waals surface area contributed by atoms with Crippen molar-refractivity contribution in [1.29, 1.82) is 0 Å². The van der Waals surface area contributed by atoms with Crippen LogP contribution in [0.1, 0.15) is 41.0 Å². The monoisotopic (exact) mass is 650 g/mol. The molecule has 0 N–H and O–H groups in total. The lowest BCUT2D eigenvalue weighted by Gasteiger charge is -2.26. The van der Waals surface area contributed by atoms with E-state index in [2.05, 4.69) is 0 Å². The van der Waals surface area contributed by atoms with E-state index in [9.17, 15) is 19.7 Å². The summed E-state index contributed by atoms with van der Waals surface area (Å²) in [6.07, 6.45) is 3.84. The summed E-state index contributed by atoms with van der Waals surface area (Å²) in [4.78, 5) is 45.2. The van der Waals surface area contributed by atoms with Gasteiger partial charge in [0.2, 0.25) is 0 Å². The van der Waals surface area contributed by atoms with Crippen LogP contribution in [0.3, 0.4) is 0 Å². The Hall–Kier alpha value is -5.00. The molecule has 1 aliphatic heterocycles. The van der Waals surface area contributed by atoms with Gasteiger partial charge in [-0.1, -0.05) is 53.8 Å². The van der Waals surface area contributed by atoms with Crippen molar-refractivity contribution in [3.63, 3.8) is 0 Å². The van der Waals surface area contributed by atoms with Gasteiger partial charge in [0, 0.05) is 39.7 Å². The van der Waals surface area contributed by atoms with E-state index in [0.717, 1.165) is 38.7 Å². The number of non-ortho nitro benzene ring substituents is 1. The number of esters is 1. The van der Waals surface area contributed by atoms with E-state index in [0.29, 0.717) is 20.6 Å². The van der Waals surface area contributed by atoms with Crippen LogP contribution in [0.15, 0.2) is 105 Å². The molecule has 0 bridgehead atoms. The van der Waals surface area contributed by atoms with Crippen molar-refractivity contribution >= 4 is 46.5 Å². The quantitative estimate of drug-likeness (QED) is 0.0886. The molecule has 0 saturated heterocycles. The Morgan fingerprint density at radius 1 is 1.07 bits per heavy atom. The second-order valence-corrected chi connectivity index (χ2v) is 12.5. The highest BCUT2D eigenvalue weighted by Crippen LogP contribution is 2.36. The van der Waals surface area contributed by atoms with Crippen molar-refractivity contribution < 1.29 is 14.5 Å². The second-order valence-electron chi connectivity index (χ2n) is 10.6. The van der Waals surface area contributed by atoms with Crippen molar-refractivity contribution in [3.8, 4) is 5.69 Å². The Bertz CT molecular complexity index is 2180. The molecule has 0 unspecified atom stereocenters. The van der Waals surface area contributed by atoms with Gasteiger partial charge in [-0.15, -0.1) is 11.8 Å².